The van der Waals surface area contributed by atoms with E-state index < -0.39 is 0 Å². The molecule has 21 heavy (non-hydrogen) atoms. The second kappa shape index (κ2) is 5.67. The molecule has 106 valence electrons. The minimum atomic E-state index is -0.180. The number of nitrogens with zero attached hydrogens (tertiary/aromatic N) is 5. The molecule has 0 radical (unpaired) electrons. The van der Waals surface area contributed by atoms with Gasteiger partial charge in [-0.3, -0.25) is 4.79 Å². The molecule has 1 aromatic carbocycles. The highest BCUT2D eigenvalue weighted by Crippen LogP contribution is 2.19. The van der Waals surface area contributed by atoms with Gasteiger partial charge in [0.25, 0.3) is 0 Å². The van der Waals surface area contributed by atoms with E-state index in [1.54, 1.807) is 11.4 Å². The number of nitrogens with two attached hydrogens (primary N) is 1. The van der Waals surface area contributed by atoms with Gasteiger partial charge < -0.3 is 11.1 Å². The van der Waals surface area contributed by atoms with Crippen LogP contribution in [0.2, 0.25) is 0 Å². The number of carbonyl (C=O) groups is 1. The van der Waals surface area contributed by atoms with E-state index >= 15 is 0 Å². The van der Waals surface area contributed by atoms with Crippen molar-refractivity contribution < 1.29 is 4.79 Å². The van der Waals surface area contributed by atoms with Crippen LogP contribution in [-0.4, -0.2) is 31.1 Å². The van der Waals surface area contributed by atoms with Gasteiger partial charge in [-0.1, -0.05) is 12.1 Å². The number of carbonyl (C=O) groups excluding carboxylic acids is 1. The molecule has 0 fully saturated rings. The van der Waals surface area contributed by atoms with Crippen molar-refractivity contribution in [2.24, 2.45) is 0 Å². The Morgan fingerprint density at radius 3 is 2.95 bits per heavy atom. The summed E-state index contributed by atoms with van der Waals surface area (Å²) in [7, 11) is 0. The normalized spacial score (nSPS) is 10.5. The molecule has 0 aliphatic heterocycles. The van der Waals surface area contributed by atoms with Crippen LogP contribution < -0.4 is 11.1 Å². The predicted molar refractivity (Wildman–Crippen MR) is 78.0 cm³/mol. The SMILES string of the molecule is Nc1nc(CC(=O)Nc2ccccc2-n2cnnn2)cs1. The van der Waals surface area contributed by atoms with E-state index in [-0.39, 0.29) is 12.3 Å². The number of para-hydroxylation sites is 2. The molecular weight excluding hydrogens is 290 g/mol. The van der Waals surface area contributed by atoms with Gasteiger partial charge in [0, 0.05) is 5.38 Å². The maximum Gasteiger partial charge on any atom is 0.230 e. The molecule has 2 heterocycles. The maximum absolute atomic E-state index is 12.1. The molecule has 3 N–H and O–H groups in total. The third-order valence-corrected chi connectivity index (χ3v) is 3.41. The number of rotatable bonds is 4. The fourth-order valence-electron chi connectivity index (χ4n) is 1.81. The molecule has 2 aromatic heterocycles. The molecule has 9 heteroatoms. The lowest BCUT2D eigenvalue weighted by Crippen LogP contribution is -2.16. The van der Waals surface area contributed by atoms with Crippen molar-refractivity contribution in [1.82, 2.24) is 25.2 Å². The number of nitrogens with one attached hydrogen (secondary N) is 1. The second-order valence-electron chi connectivity index (χ2n) is 4.17. The number of amides is 1. The molecule has 3 rings (SSSR count). The summed E-state index contributed by atoms with van der Waals surface area (Å²) < 4.78 is 1.48. The van der Waals surface area contributed by atoms with Crippen molar-refractivity contribution in [1.29, 1.82) is 0 Å². The Morgan fingerprint density at radius 1 is 1.38 bits per heavy atom. The Morgan fingerprint density at radius 2 is 2.24 bits per heavy atom. The lowest BCUT2D eigenvalue weighted by molar-refractivity contribution is -0.115. The number of hydrogen-bond donors (Lipinski definition) is 2. The summed E-state index contributed by atoms with van der Waals surface area (Å²) in [5.41, 5.74) is 7.51. The highest BCUT2D eigenvalue weighted by atomic mass is 32.1. The summed E-state index contributed by atoms with van der Waals surface area (Å²) in [6.07, 6.45) is 1.63. The van der Waals surface area contributed by atoms with Gasteiger partial charge in [0.15, 0.2) is 5.13 Å². The van der Waals surface area contributed by atoms with Crippen LogP contribution in [0.25, 0.3) is 5.69 Å². The fraction of sp³-hybridized carbons (Fsp3) is 0.0833. The summed E-state index contributed by atoms with van der Waals surface area (Å²) in [6.45, 7) is 0. The number of aromatic nitrogens is 5. The van der Waals surface area contributed by atoms with Crippen LogP contribution in [0, 0.1) is 0 Å². The highest BCUT2D eigenvalue weighted by molar-refractivity contribution is 7.13. The Labute approximate surface area is 123 Å². The Hall–Kier alpha value is -2.81. The van der Waals surface area contributed by atoms with Gasteiger partial charge in [0.2, 0.25) is 5.91 Å². The van der Waals surface area contributed by atoms with Crippen LogP contribution in [0.4, 0.5) is 10.8 Å². The van der Waals surface area contributed by atoms with Crippen LogP contribution in [0.1, 0.15) is 5.69 Å². The van der Waals surface area contributed by atoms with Crippen molar-refractivity contribution in [2.45, 2.75) is 6.42 Å². The van der Waals surface area contributed by atoms with Gasteiger partial charge in [-0.05, 0) is 22.6 Å². The Balaban J connectivity index is 1.77. The van der Waals surface area contributed by atoms with Gasteiger partial charge in [-0.25, -0.2) is 4.98 Å². The Kier molecular flexibility index (Phi) is 3.56. The molecule has 0 saturated carbocycles. The number of tetrazole rings is 1. The lowest BCUT2D eigenvalue weighted by Gasteiger charge is -2.09. The molecule has 0 saturated heterocycles. The fourth-order valence-corrected chi connectivity index (χ4v) is 2.38. The van der Waals surface area contributed by atoms with Gasteiger partial charge in [0.1, 0.15) is 6.33 Å². The number of hydrogen-bond acceptors (Lipinski definition) is 7. The van der Waals surface area contributed by atoms with E-state index in [9.17, 15) is 4.79 Å². The first kappa shape index (κ1) is 13.2. The third kappa shape index (κ3) is 3.03. The van der Waals surface area contributed by atoms with Gasteiger partial charge in [-0.15, -0.1) is 16.4 Å². The zero-order valence-corrected chi connectivity index (χ0v) is 11.6. The summed E-state index contributed by atoms with van der Waals surface area (Å²) >= 11 is 1.31. The van der Waals surface area contributed by atoms with Gasteiger partial charge in [0.05, 0.1) is 23.5 Å². The number of benzene rings is 1. The molecule has 0 bridgehead atoms. The van der Waals surface area contributed by atoms with Gasteiger partial charge >= 0.3 is 0 Å². The molecule has 0 aliphatic carbocycles. The zero-order valence-electron chi connectivity index (χ0n) is 10.8. The highest BCUT2D eigenvalue weighted by Gasteiger charge is 2.11. The van der Waals surface area contributed by atoms with Crippen LogP contribution in [0.3, 0.4) is 0 Å². The quantitative estimate of drug-likeness (QED) is 0.740. The van der Waals surface area contributed by atoms with Crippen molar-refractivity contribution in [3.8, 4) is 5.69 Å². The van der Waals surface area contributed by atoms with Crippen LogP contribution in [-0.2, 0) is 11.2 Å². The monoisotopic (exact) mass is 301 g/mol. The van der Waals surface area contributed by atoms with Crippen molar-refractivity contribution in [3.63, 3.8) is 0 Å². The molecule has 3 aromatic rings. The standard InChI is InChI=1S/C12H11N7OS/c13-12-15-8(6-21-12)5-11(20)16-9-3-1-2-4-10(9)19-7-14-17-18-19/h1-4,6-7H,5H2,(H2,13,15)(H,16,20). The van der Waals surface area contributed by atoms with E-state index in [0.29, 0.717) is 22.2 Å². The van der Waals surface area contributed by atoms with Crippen LogP contribution in [0.15, 0.2) is 36.0 Å². The van der Waals surface area contributed by atoms with Crippen molar-refractivity contribution in [2.75, 3.05) is 11.1 Å². The van der Waals surface area contributed by atoms with Gasteiger partial charge in [-0.2, -0.15) is 4.68 Å². The average molecular weight is 301 g/mol. The largest absolute Gasteiger partial charge is 0.375 e. The van der Waals surface area contributed by atoms with Crippen LogP contribution >= 0.6 is 11.3 Å². The van der Waals surface area contributed by atoms with E-state index in [1.807, 2.05) is 18.2 Å². The minimum Gasteiger partial charge on any atom is -0.375 e. The molecule has 0 spiro atoms. The van der Waals surface area contributed by atoms with Crippen molar-refractivity contribution in [3.05, 3.63) is 41.7 Å². The Bertz CT molecular complexity index is 753. The summed E-state index contributed by atoms with van der Waals surface area (Å²) in [5, 5.41) is 16.0. The predicted octanol–water partition coefficient (Wildman–Crippen LogP) is 0.882. The molecule has 0 aliphatic rings. The second-order valence-corrected chi connectivity index (χ2v) is 5.06. The first-order valence-corrected chi connectivity index (χ1v) is 6.92. The molecule has 0 atom stereocenters. The summed E-state index contributed by atoms with van der Waals surface area (Å²) in [6, 6.07) is 7.26. The van der Waals surface area contributed by atoms with E-state index in [4.69, 9.17) is 5.73 Å². The average Bonchev–Trinajstić information content (AvgIpc) is 3.11. The lowest BCUT2D eigenvalue weighted by atomic mass is 10.2. The minimum absolute atomic E-state index is 0.164. The molecule has 8 nitrogen and oxygen atoms in total. The topological polar surface area (TPSA) is 112 Å². The number of nitrogen functional groups attached to an aromatic ring is 1. The third-order valence-electron chi connectivity index (χ3n) is 2.69. The zero-order chi connectivity index (χ0) is 14.7. The molecular formula is C12H11N7OS. The number of anilines is 2. The van der Waals surface area contributed by atoms with Crippen LogP contribution in [0.5, 0.6) is 0 Å². The van der Waals surface area contributed by atoms with E-state index in [2.05, 4.69) is 25.8 Å². The number of thiazole rings is 1. The van der Waals surface area contributed by atoms with E-state index in [1.165, 1.54) is 22.3 Å². The first-order chi connectivity index (χ1) is 10.2. The first-order valence-electron chi connectivity index (χ1n) is 6.04. The molecule has 0 unspecified atom stereocenters. The smallest absolute Gasteiger partial charge is 0.230 e. The molecule has 1 amide bonds. The summed E-state index contributed by atoms with van der Waals surface area (Å²) in [4.78, 5) is 16.1. The van der Waals surface area contributed by atoms with E-state index in [0.717, 1.165) is 0 Å². The maximum atomic E-state index is 12.1. The van der Waals surface area contributed by atoms with Crippen molar-refractivity contribution >= 4 is 28.1 Å². The summed E-state index contributed by atoms with van der Waals surface area (Å²) in [5.74, 6) is -0.180.